The SMILES string of the molecule is CC(C)C[C@H](NC(=O)[C@H](Cc1ccccc1)NC(=O)[C@@H](N)CCC(=O)O)C(=O)N[C@@H](CCCN=C(N)N)C(=O)N[C@@H](Cc1cnc[nH]1)C(=O)N[C@H](C(=O)N[C@@H](CC(C)C)C(=O)N[C@@H](CS)C(=O)O)[C@@H](C)O. The predicted octanol–water partition coefficient (Wildman–Crippen LogP) is -2.68. The third kappa shape index (κ3) is 22.7. The molecule has 0 fully saturated rings. The number of aliphatic imine (C=N–C) groups is 1. The normalized spacial score (nSPS) is 15.0. The van der Waals surface area contributed by atoms with Crippen molar-refractivity contribution in [1.29, 1.82) is 0 Å². The Balaban J connectivity index is 2.47. The molecule has 2 aromatic rings. The number of aromatic amines is 1. The summed E-state index contributed by atoms with van der Waals surface area (Å²) in [4.78, 5) is 130. The summed E-state index contributed by atoms with van der Waals surface area (Å²) >= 11 is 3.97. The van der Waals surface area contributed by atoms with E-state index in [-0.39, 0.29) is 75.0 Å². The Morgan fingerprint density at radius 2 is 1.15 bits per heavy atom. The Labute approximate surface area is 417 Å². The van der Waals surface area contributed by atoms with Crippen molar-refractivity contribution >= 4 is 71.9 Å². The number of aliphatic carboxylic acids is 2. The lowest BCUT2D eigenvalue weighted by Gasteiger charge is -2.29. The molecule has 394 valence electrons. The molecule has 7 amide bonds. The molecule has 26 heteroatoms. The quantitative estimate of drug-likeness (QED) is 0.0154. The van der Waals surface area contributed by atoms with Crippen LogP contribution in [0.1, 0.15) is 84.4 Å². The van der Waals surface area contributed by atoms with Gasteiger partial charge in [0.25, 0.3) is 0 Å². The van der Waals surface area contributed by atoms with E-state index in [2.05, 4.69) is 64.8 Å². The van der Waals surface area contributed by atoms with Crippen LogP contribution in [0.4, 0.5) is 0 Å². The van der Waals surface area contributed by atoms with Gasteiger partial charge in [-0.1, -0.05) is 58.0 Å². The summed E-state index contributed by atoms with van der Waals surface area (Å²) in [6.07, 6.45) is 0.344. The van der Waals surface area contributed by atoms with Crippen molar-refractivity contribution < 1.29 is 58.5 Å². The molecule has 0 saturated carbocycles. The molecule has 0 aliphatic carbocycles. The van der Waals surface area contributed by atoms with Gasteiger partial charge in [0.1, 0.15) is 42.3 Å². The lowest BCUT2D eigenvalue weighted by atomic mass is 10.00. The minimum absolute atomic E-state index is 0.0221. The highest BCUT2D eigenvalue weighted by Gasteiger charge is 2.36. The van der Waals surface area contributed by atoms with Gasteiger partial charge in [-0.25, -0.2) is 9.78 Å². The van der Waals surface area contributed by atoms with Crippen LogP contribution in [-0.4, -0.2) is 151 Å². The van der Waals surface area contributed by atoms with Crippen LogP contribution < -0.4 is 54.4 Å². The van der Waals surface area contributed by atoms with E-state index in [0.29, 0.717) is 11.3 Å². The number of nitrogens with one attached hydrogen (secondary N) is 8. The number of hydrogen-bond donors (Lipinski definition) is 15. The maximum Gasteiger partial charge on any atom is 0.327 e. The van der Waals surface area contributed by atoms with Gasteiger partial charge in [0, 0.05) is 43.5 Å². The van der Waals surface area contributed by atoms with Crippen LogP contribution in [0.2, 0.25) is 0 Å². The Kier molecular flexibility index (Phi) is 26.1. The number of amides is 7. The average molecular weight is 1020 g/mol. The smallest absolute Gasteiger partial charge is 0.327 e. The van der Waals surface area contributed by atoms with E-state index < -0.39 is 114 Å². The van der Waals surface area contributed by atoms with E-state index >= 15 is 0 Å². The zero-order valence-corrected chi connectivity index (χ0v) is 41.4. The van der Waals surface area contributed by atoms with Gasteiger partial charge in [-0.15, -0.1) is 0 Å². The first-order chi connectivity index (χ1) is 33.4. The van der Waals surface area contributed by atoms with Gasteiger partial charge in [0.2, 0.25) is 41.4 Å². The summed E-state index contributed by atoms with van der Waals surface area (Å²) in [5.41, 5.74) is 18.0. The van der Waals surface area contributed by atoms with Gasteiger partial charge in [0.05, 0.1) is 18.5 Å². The summed E-state index contributed by atoms with van der Waals surface area (Å²) in [7, 11) is 0. The van der Waals surface area contributed by atoms with E-state index in [0.717, 1.165) is 0 Å². The zero-order chi connectivity index (χ0) is 53.4. The number of carbonyl (C=O) groups excluding carboxylic acids is 7. The fourth-order valence-corrected chi connectivity index (χ4v) is 7.19. The number of nitrogens with two attached hydrogens (primary N) is 3. The third-order valence-electron chi connectivity index (χ3n) is 10.7. The van der Waals surface area contributed by atoms with Crippen LogP contribution in [0, 0.1) is 11.8 Å². The number of aromatic nitrogens is 2. The molecular formula is C45H71N13O12S. The molecule has 71 heavy (non-hydrogen) atoms. The summed E-state index contributed by atoms with van der Waals surface area (Å²) in [6.45, 7) is 8.31. The fourth-order valence-electron chi connectivity index (χ4n) is 6.95. The van der Waals surface area contributed by atoms with Crippen molar-refractivity contribution in [2.24, 2.45) is 34.0 Å². The number of aliphatic hydroxyl groups is 1. The lowest BCUT2D eigenvalue weighted by Crippen LogP contribution is -2.62. The Bertz CT molecular complexity index is 2110. The average Bonchev–Trinajstić information content (AvgIpc) is 3.81. The minimum Gasteiger partial charge on any atom is -0.481 e. The molecule has 2 rings (SSSR count). The van der Waals surface area contributed by atoms with Crippen molar-refractivity contribution in [2.45, 2.75) is 140 Å². The molecule has 0 aliphatic heterocycles. The first-order valence-corrected chi connectivity index (χ1v) is 23.7. The number of thiol groups is 1. The number of guanidine groups is 1. The Morgan fingerprint density at radius 3 is 1.66 bits per heavy atom. The van der Waals surface area contributed by atoms with Gasteiger partial charge in [-0.3, -0.25) is 43.3 Å². The molecule has 0 spiro atoms. The highest BCUT2D eigenvalue weighted by atomic mass is 32.1. The molecular weight excluding hydrogens is 947 g/mol. The zero-order valence-electron chi connectivity index (χ0n) is 40.6. The summed E-state index contributed by atoms with van der Waals surface area (Å²) in [6, 6.07) is -2.50. The molecule has 0 aliphatic rings. The van der Waals surface area contributed by atoms with Crippen molar-refractivity contribution in [1.82, 2.24) is 47.2 Å². The number of nitrogens with zero attached hydrogens (tertiary/aromatic N) is 2. The van der Waals surface area contributed by atoms with E-state index in [1.54, 1.807) is 58.0 Å². The lowest BCUT2D eigenvalue weighted by molar-refractivity contribution is -0.142. The van der Waals surface area contributed by atoms with Crippen LogP contribution in [-0.2, 0) is 56.0 Å². The number of aliphatic hydroxyl groups excluding tert-OH is 1. The minimum atomic E-state index is -1.71. The second-order valence-electron chi connectivity index (χ2n) is 17.8. The molecule has 1 aromatic carbocycles. The van der Waals surface area contributed by atoms with Crippen LogP contribution in [0.5, 0.6) is 0 Å². The second kappa shape index (κ2) is 30.7. The molecule has 1 heterocycles. The topological polar surface area (TPSA) is 418 Å². The van der Waals surface area contributed by atoms with Crippen LogP contribution >= 0.6 is 12.6 Å². The maximum atomic E-state index is 14.3. The number of carbonyl (C=O) groups is 9. The first kappa shape index (κ1) is 60.3. The summed E-state index contributed by atoms with van der Waals surface area (Å²) in [5, 5.41) is 47.1. The molecule has 9 atom stereocenters. The van der Waals surface area contributed by atoms with Crippen molar-refractivity contribution in [2.75, 3.05) is 12.3 Å². The number of benzene rings is 1. The Hall–Kier alpha value is -6.80. The van der Waals surface area contributed by atoms with Crippen LogP contribution in [0.25, 0.3) is 0 Å². The standard InChI is InChI=1S/C45H71N13O12S/c1-23(2)16-30(54-41(66)32(18-26-10-7-6-8-11-26)53-37(62)28(46)13-14-35(60)61)39(64)52-29(12-9-15-50-45(47)48)38(63)55-33(19-27-20-49-22-51-27)42(67)58-36(25(5)59)43(68)56-31(17-24(3)4)40(65)57-34(21-71)44(69)70/h6-8,10-11,20,22-25,28-34,36,59,71H,9,12-19,21,46H2,1-5H3,(H,49,51)(H,52,64)(H,53,62)(H,54,66)(H,55,63)(H,56,68)(H,57,65)(H,58,67)(H,60,61)(H,69,70)(H4,47,48,50)/t25-,28+,29+,30+,31+,32+,33+,34+,36+/m1/s1. The van der Waals surface area contributed by atoms with E-state index in [1.165, 1.54) is 19.4 Å². The molecule has 17 N–H and O–H groups in total. The number of imidazole rings is 1. The predicted molar refractivity (Wildman–Crippen MR) is 263 cm³/mol. The number of hydrogen-bond acceptors (Lipinski definition) is 14. The second-order valence-corrected chi connectivity index (χ2v) is 18.2. The summed E-state index contributed by atoms with van der Waals surface area (Å²) in [5.74, 6) is -9.53. The van der Waals surface area contributed by atoms with Crippen molar-refractivity contribution in [3.8, 4) is 0 Å². The molecule has 25 nitrogen and oxygen atoms in total. The monoisotopic (exact) mass is 1020 g/mol. The number of carboxylic acid groups (broad SMARTS) is 2. The van der Waals surface area contributed by atoms with Crippen molar-refractivity contribution in [3.05, 3.63) is 54.1 Å². The number of rotatable bonds is 32. The molecule has 0 bridgehead atoms. The largest absolute Gasteiger partial charge is 0.481 e. The third-order valence-corrected chi connectivity index (χ3v) is 11.0. The van der Waals surface area contributed by atoms with Gasteiger partial charge in [-0.05, 0) is 56.4 Å². The highest BCUT2D eigenvalue weighted by Crippen LogP contribution is 2.12. The van der Waals surface area contributed by atoms with Gasteiger partial charge in [0.15, 0.2) is 5.96 Å². The first-order valence-electron chi connectivity index (χ1n) is 23.1. The van der Waals surface area contributed by atoms with Crippen LogP contribution in [0.3, 0.4) is 0 Å². The van der Waals surface area contributed by atoms with Crippen LogP contribution in [0.15, 0.2) is 47.8 Å². The van der Waals surface area contributed by atoms with E-state index in [4.69, 9.17) is 22.3 Å². The fraction of sp³-hybridized carbons (Fsp3) is 0.578. The van der Waals surface area contributed by atoms with Gasteiger partial charge >= 0.3 is 11.9 Å². The number of carboxylic acids is 2. The Morgan fingerprint density at radius 1 is 0.662 bits per heavy atom. The molecule has 0 radical (unpaired) electrons. The molecule has 0 saturated heterocycles. The maximum absolute atomic E-state index is 14.3. The van der Waals surface area contributed by atoms with Crippen molar-refractivity contribution in [3.63, 3.8) is 0 Å². The van der Waals surface area contributed by atoms with E-state index in [1.807, 2.05) is 0 Å². The summed E-state index contributed by atoms with van der Waals surface area (Å²) < 4.78 is 0. The van der Waals surface area contributed by atoms with E-state index in [9.17, 15) is 53.4 Å². The molecule has 1 aromatic heterocycles. The highest BCUT2D eigenvalue weighted by molar-refractivity contribution is 7.80. The van der Waals surface area contributed by atoms with Gasteiger partial charge in [-0.2, -0.15) is 12.6 Å². The number of H-pyrrole nitrogens is 1. The molecule has 0 unspecified atom stereocenters. The van der Waals surface area contributed by atoms with Gasteiger partial charge < -0.3 is 74.7 Å².